The number of hydrogen-bond acceptors (Lipinski definition) is 5. The summed E-state index contributed by atoms with van der Waals surface area (Å²) in [5.74, 6) is 1.22. The van der Waals surface area contributed by atoms with Gasteiger partial charge in [0.25, 0.3) is 0 Å². The molecule has 1 aliphatic heterocycles. The van der Waals surface area contributed by atoms with E-state index >= 15 is 0 Å². The minimum absolute atomic E-state index is 0.00954. The summed E-state index contributed by atoms with van der Waals surface area (Å²) >= 11 is 0. The fraction of sp³-hybridized carbons (Fsp3) is 0.500. The van der Waals surface area contributed by atoms with Crippen molar-refractivity contribution >= 4 is 5.78 Å². The first-order valence-corrected chi connectivity index (χ1v) is 6.22. The summed E-state index contributed by atoms with van der Waals surface area (Å²) in [5.41, 5.74) is 0.538. The van der Waals surface area contributed by atoms with Crippen molar-refractivity contribution < 1.29 is 19.0 Å². The van der Waals surface area contributed by atoms with Crippen LogP contribution in [0.4, 0.5) is 0 Å². The topological polar surface area (TPSA) is 56.8 Å². The molecule has 0 bridgehead atoms. The lowest BCUT2D eigenvalue weighted by atomic mass is 10.0. The monoisotopic (exact) mass is 265 g/mol. The molecule has 1 N–H and O–H groups in total. The fourth-order valence-electron chi connectivity index (χ4n) is 2.28. The first kappa shape index (κ1) is 13.8. The number of hydrogen-bond donors (Lipinski definition) is 1. The lowest BCUT2D eigenvalue weighted by molar-refractivity contribution is 0.0915. The highest BCUT2D eigenvalue weighted by atomic mass is 16.5. The first-order chi connectivity index (χ1) is 9.19. The van der Waals surface area contributed by atoms with Crippen molar-refractivity contribution in [3.8, 4) is 11.5 Å². The van der Waals surface area contributed by atoms with Crippen molar-refractivity contribution in [2.24, 2.45) is 0 Å². The molecular formula is C14H19NO4. The van der Waals surface area contributed by atoms with Crippen LogP contribution in [0.1, 0.15) is 16.8 Å². The molecule has 0 amide bonds. The number of benzene rings is 1. The standard InChI is InChI=1S/C14H19NO4/c1-17-9-4-5-13(19-3)11(6-9)14(16)12-7-10(18-2)8-15-12/h4-6,10,12,15H,7-8H2,1-3H3. The van der Waals surface area contributed by atoms with Gasteiger partial charge in [-0.1, -0.05) is 0 Å². The van der Waals surface area contributed by atoms with E-state index in [1.807, 2.05) is 0 Å². The predicted molar refractivity (Wildman–Crippen MR) is 71.1 cm³/mol. The summed E-state index contributed by atoms with van der Waals surface area (Å²) in [5, 5.41) is 3.17. The number of ether oxygens (including phenoxy) is 3. The van der Waals surface area contributed by atoms with Crippen LogP contribution in [0.15, 0.2) is 18.2 Å². The Labute approximate surface area is 112 Å². The van der Waals surface area contributed by atoms with Crippen LogP contribution in [-0.4, -0.2) is 45.8 Å². The normalized spacial score (nSPS) is 22.3. The molecule has 0 aliphatic carbocycles. The van der Waals surface area contributed by atoms with E-state index in [9.17, 15) is 4.79 Å². The van der Waals surface area contributed by atoms with Crippen molar-refractivity contribution in [3.63, 3.8) is 0 Å². The maximum absolute atomic E-state index is 12.5. The number of carbonyl (C=O) groups excluding carboxylic acids is 1. The van der Waals surface area contributed by atoms with Crippen LogP contribution in [0.3, 0.4) is 0 Å². The van der Waals surface area contributed by atoms with Crippen molar-refractivity contribution in [2.75, 3.05) is 27.9 Å². The van der Waals surface area contributed by atoms with Crippen LogP contribution < -0.4 is 14.8 Å². The van der Waals surface area contributed by atoms with Gasteiger partial charge in [-0.25, -0.2) is 0 Å². The molecule has 104 valence electrons. The van der Waals surface area contributed by atoms with E-state index in [1.165, 1.54) is 0 Å². The molecule has 0 aromatic heterocycles. The minimum Gasteiger partial charge on any atom is -0.497 e. The van der Waals surface area contributed by atoms with Crippen LogP contribution in [-0.2, 0) is 4.74 Å². The van der Waals surface area contributed by atoms with E-state index in [0.29, 0.717) is 30.0 Å². The molecule has 1 aliphatic rings. The Kier molecular flexibility index (Phi) is 4.39. The van der Waals surface area contributed by atoms with Crippen molar-refractivity contribution in [1.82, 2.24) is 5.32 Å². The third kappa shape index (κ3) is 2.88. The fourth-order valence-corrected chi connectivity index (χ4v) is 2.28. The van der Waals surface area contributed by atoms with Gasteiger partial charge in [-0.05, 0) is 24.6 Å². The molecule has 1 fully saturated rings. The zero-order valence-corrected chi connectivity index (χ0v) is 11.4. The molecule has 1 aromatic carbocycles. The summed E-state index contributed by atoms with van der Waals surface area (Å²) < 4.78 is 15.7. The molecule has 1 aromatic rings. The van der Waals surface area contributed by atoms with Gasteiger partial charge >= 0.3 is 0 Å². The molecule has 5 nitrogen and oxygen atoms in total. The molecule has 1 saturated heterocycles. The zero-order valence-electron chi connectivity index (χ0n) is 11.4. The second-order valence-electron chi connectivity index (χ2n) is 4.48. The molecule has 0 radical (unpaired) electrons. The summed E-state index contributed by atoms with van der Waals surface area (Å²) in [6.07, 6.45) is 0.765. The molecule has 0 spiro atoms. The van der Waals surface area contributed by atoms with Crippen LogP contribution in [0.5, 0.6) is 11.5 Å². The van der Waals surface area contributed by atoms with Gasteiger partial charge in [0.15, 0.2) is 5.78 Å². The van der Waals surface area contributed by atoms with Crippen LogP contribution >= 0.6 is 0 Å². The van der Waals surface area contributed by atoms with E-state index in [4.69, 9.17) is 14.2 Å². The lowest BCUT2D eigenvalue weighted by Gasteiger charge is -2.13. The van der Waals surface area contributed by atoms with Crippen molar-refractivity contribution in [3.05, 3.63) is 23.8 Å². The van der Waals surface area contributed by atoms with Gasteiger partial charge < -0.3 is 19.5 Å². The number of Topliss-reactive ketones (excluding diaryl/α,β-unsaturated/α-hetero) is 1. The Bertz CT molecular complexity index is 461. The zero-order chi connectivity index (χ0) is 13.8. The molecule has 2 atom stereocenters. The van der Waals surface area contributed by atoms with E-state index in [0.717, 1.165) is 0 Å². The second-order valence-corrected chi connectivity index (χ2v) is 4.48. The van der Waals surface area contributed by atoms with E-state index < -0.39 is 0 Å². The van der Waals surface area contributed by atoms with Crippen molar-refractivity contribution in [2.45, 2.75) is 18.6 Å². The predicted octanol–water partition coefficient (Wildman–Crippen LogP) is 1.26. The Morgan fingerprint density at radius 2 is 2.05 bits per heavy atom. The Balaban J connectivity index is 2.22. The van der Waals surface area contributed by atoms with Gasteiger partial charge in [0, 0.05) is 13.7 Å². The maximum atomic E-state index is 12.5. The maximum Gasteiger partial charge on any atom is 0.183 e. The van der Waals surface area contributed by atoms with E-state index in [2.05, 4.69) is 5.32 Å². The van der Waals surface area contributed by atoms with Crippen molar-refractivity contribution in [1.29, 1.82) is 0 Å². The average Bonchev–Trinajstić information content (AvgIpc) is 2.94. The summed E-state index contributed by atoms with van der Waals surface area (Å²) in [4.78, 5) is 12.5. The number of methoxy groups -OCH3 is 3. The van der Waals surface area contributed by atoms with Gasteiger partial charge in [0.05, 0.1) is 31.9 Å². The molecule has 2 unspecified atom stereocenters. The smallest absolute Gasteiger partial charge is 0.183 e. The third-order valence-electron chi connectivity index (χ3n) is 3.41. The Morgan fingerprint density at radius 3 is 2.63 bits per heavy atom. The molecule has 2 rings (SSSR count). The molecule has 1 heterocycles. The van der Waals surface area contributed by atoms with Gasteiger partial charge in [-0.15, -0.1) is 0 Å². The molecule has 19 heavy (non-hydrogen) atoms. The van der Waals surface area contributed by atoms with Gasteiger partial charge in [0.1, 0.15) is 11.5 Å². The highest BCUT2D eigenvalue weighted by molar-refractivity contribution is 6.03. The highest BCUT2D eigenvalue weighted by Crippen LogP contribution is 2.27. The number of carbonyl (C=O) groups is 1. The molecule has 0 saturated carbocycles. The minimum atomic E-state index is -0.231. The molecule has 5 heteroatoms. The summed E-state index contributed by atoms with van der Waals surface area (Å²) in [6.45, 7) is 0.694. The lowest BCUT2D eigenvalue weighted by Crippen LogP contribution is -2.31. The largest absolute Gasteiger partial charge is 0.497 e. The van der Waals surface area contributed by atoms with Crippen LogP contribution in [0.2, 0.25) is 0 Å². The molecular weight excluding hydrogens is 246 g/mol. The number of ketones is 1. The van der Waals surface area contributed by atoms with Crippen LogP contribution in [0, 0.1) is 0 Å². The van der Waals surface area contributed by atoms with Gasteiger partial charge in [-0.3, -0.25) is 4.79 Å². The number of rotatable bonds is 5. The van der Waals surface area contributed by atoms with E-state index in [1.54, 1.807) is 39.5 Å². The Morgan fingerprint density at radius 1 is 1.26 bits per heavy atom. The quantitative estimate of drug-likeness (QED) is 0.812. The first-order valence-electron chi connectivity index (χ1n) is 6.22. The number of nitrogens with one attached hydrogen (secondary N) is 1. The second kappa shape index (κ2) is 6.04. The van der Waals surface area contributed by atoms with Gasteiger partial charge in [0.2, 0.25) is 0 Å². The third-order valence-corrected chi connectivity index (χ3v) is 3.41. The Hall–Kier alpha value is -1.59. The summed E-state index contributed by atoms with van der Waals surface area (Å²) in [7, 11) is 4.79. The van der Waals surface area contributed by atoms with Gasteiger partial charge in [-0.2, -0.15) is 0 Å². The van der Waals surface area contributed by atoms with E-state index in [-0.39, 0.29) is 17.9 Å². The highest BCUT2D eigenvalue weighted by Gasteiger charge is 2.31. The SMILES string of the molecule is COc1ccc(OC)c(C(=O)C2CC(OC)CN2)c1. The summed E-state index contributed by atoms with van der Waals surface area (Å²) in [6, 6.07) is 5.00. The van der Waals surface area contributed by atoms with Crippen LogP contribution in [0.25, 0.3) is 0 Å². The average molecular weight is 265 g/mol.